The van der Waals surface area contributed by atoms with Gasteiger partial charge in [0.1, 0.15) is 5.75 Å². The molecule has 6 nitrogen and oxygen atoms in total. The molecule has 0 unspecified atom stereocenters. The first-order valence-corrected chi connectivity index (χ1v) is 9.20. The van der Waals surface area contributed by atoms with Crippen LogP contribution in [0.1, 0.15) is 6.42 Å². The van der Waals surface area contributed by atoms with Crippen LogP contribution in [-0.4, -0.2) is 26.0 Å². The van der Waals surface area contributed by atoms with Crippen LogP contribution >= 0.6 is 15.9 Å². The minimum absolute atomic E-state index is 0.148. The number of nitrogens with one attached hydrogen (secondary N) is 2. The van der Waals surface area contributed by atoms with Crippen LogP contribution in [0.25, 0.3) is 0 Å². The quantitative estimate of drug-likeness (QED) is 0.609. The molecule has 0 aliphatic carbocycles. The van der Waals surface area contributed by atoms with E-state index in [1.807, 2.05) is 0 Å². The molecule has 0 radical (unpaired) electrons. The molecule has 0 heterocycles. The molecular weight excluding hydrogens is 422 g/mol. The Labute approximate surface area is 151 Å². The summed E-state index contributed by atoms with van der Waals surface area (Å²) in [6, 6.07) is 6.65. The summed E-state index contributed by atoms with van der Waals surface area (Å²) in [5.41, 5.74) is 0.177. The summed E-state index contributed by atoms with van der Waals surface area (Å²) in [6.45, 7) is -0.259. The summed E-state index contributed by atoms with van der Waals surface area (Å²) in [4.78, 5) is 11.3. The van der Waals surface area contributed by atoms with Crippen molar-refractivity contribution in [2.75, 3.05) is 11.9 Å². The minimum atomic E-state index is -4.07. The van der Waals surface area contributed by atoms with Crippen molar-refractivity contribution in [1.82, 2.24) is 4.72 Å². The average Bonchev–Trinajstić information content (AvgIpc) is 2.52. The third kappa shape index (κ3) is 5.21. The first-order chi connectivity index (χ1) is 11.7. The van der Waals surface area contributed by atoms with E-state index in [1.165, 1.54) is 12.1 Å². The predicted molar refractivity (Wildman–Crippen MR) is 90.6 cm³/mol. The first-order valence-electron chi connectivity index (χ1n) is 6.92. The van der Waals surface area contributed by atoms with E-state index in [-0.39, 0.29) is 24.4 Å². The Bertz CT molecular complexity index is 906. The molecule has 0 saturated carbocycles. The number of hydrogen-bond donors (Lipinski definition) is 3. The standard InChI is InChI=1S/C15H13BrF2N2O4S/c16-9-1-4-13(14(21)7-9)20-15(22)5-6-19-25(23,24)10-2-3-11(17)12(18)8-10/h1-4,7-8,19,21H,5-6H2,(H,20,22). The SMILES string of the molecule is O=C(CCNS(=O)(=O)c1ccc(F)c(F)c1)Nc1ccc(Br)cc1O. The highest BCUT2D eigenvalue weighted by Crippen LogP contribution is 2.26. The van der Waals surface area contributed by atoms with Crippen LogP contribution in [0.5, 0.6) is 5.75 Å². The lowest BCUT2D eigenvalue weighted by Gasteiger charge is -2.09. The second kappa shape index (κ2) is 7.89. The van der Waals surface area contributed by atoms with Gasteiger partial charge < -0.3 is 10.4 Å². The highest BCUT2D eigenvalue weighted by molar-refractivity contribution is 9.10. The van der Waals surface area contributed by atoms with E-state index >= 15 is 0 Å². The van der Waals surface area contributed by atoms with Gasteiger partial charge in [-0.05, 0) is 36.4 Å². The number of rotatable bonds is 6. The molecule has 0 aromatic heterocycles. The van der Waals surface area contributed by atoms with E-state index in [4.69, 9.17) is 0 Å². The molecule has 2 aromatic rings. The zero-order valence-corrected chi connectivity index (χ0v) is 15.0. The number of phenolic OH excluding ortho intramolecular Hbond substituents is 1. The van der Waals surface area contributed by atoms with Gasteiger partial charge in [-0.25, -0.2) is 21.9 Å². The largest absolute Gasteiger partial charge is 0.506 e. The zero-order chi connectivity index (χ0) is 18.6. The zero-order valence-electron chi connectivity index (χ0n) is 12.6. The normalized spacial score (nSPS) is 11.3. The van der Waals surface area contributed by atoms with Gasteiger partial charge in [-0.2, -0.15) is 0 Å². The van der Waals surface area contributed by atoms with Gasteiger partial charge in [-0.15, -0.1) is 0 Å². The van der Waals surface area contributed by atoms with Gasteiger partial charge in [0.05, 0.1) is 10.6 Å². The van der Waals surface area contributed by atoms with Crippen LogP contribution in [0.2, 0.25) is 0 Å². The molecule has 25 heavy (non-hydrogen) atoms. The van der Waals surface area contributed by atoms with E-state index in [0.717, 1.165) is 6.07 Å². The van der Waals surface area contributed by atoms with E-state index in [1.54, 1.807) is 6.07 Å². The van der Waals surface area contributed by atoms with Gasteiger partial charge in [0.2, 0.25) is 15.9 Å². The highest BCUT2D eigenvalue weighted by Gasteiger charge is 2.17. The predicted octanol–water partition coefficient (Wildman–Crippen LogP) is 2.74. The van der Waals surface area contributed by atoms with E-state index in [9.17, 15) is 27.1 Å². The third-order valence-electron chi connectivity index (χ3n) is 3.08. The Morgan fingerprint density at radius 3 is 2.48 bits per heavy atom. The van der Waals surface area contributed by atoms with Crippen LogP contribution in [0, 0.1) is 11.6 Å². The molecule has 134 valence electrons. The summed E-state index contributed by atoms with van der Waals surface area (Å²) in [5.74, 6) is -3.13. The van der Waals surface area contributed by atoms with Crippen molar-refractivity contribution in [1.29, 1.82) is 0 Å². The molecule has 3 N–H and O–H groups in total. The number of carbonyl (C=O) groups is 1. The Balaban J connectivity index is 1.92. The number of carbonyl (C=O) groups excluding carboxylic acids is 1. The summed E-state index contributed by atoms with van der Waals surface area (Å²) in [5, 5.41) is 12.1. The number of hydrogen-bond acceptors (Lipinski definition) is 4. The lowest BCUT2D eigenvalue weighted by atomic mass is 10.3. The molecule has 0 saturated heterocycles. The highest BCUT2D eigenvalue weighted by atomic mass is 79.9. The van der Waals surface area contributed by atoms with E-state index in [0.29, 0.717) is 16.6 Å². The van der Waals surface area contributed by atoms with E-state index in [2.05, 4.69) is 26.0 Å². The van der Waals surface area contributed by atoms with Gasteiger partial charge in [-0.1, -0.05) is 15.9 Å². The van der Waals surface area contributed by atoms with E-state index < -0.39 is 32.5 Å². The van der Waals surface area contributed by atoms with Crippen LogP contribution in [0.3, 0.4) is 0 Å². The maximum absolute atomic E-state index is 13.1. The minimum Gasteiger partial charge on any atom is -0.506 e. The first kappa shape index (κ1) is 19.3. The maximum atomic E-state index is 13.1. The third-order valence-corrected chi connectivity index (χ3v) is 5.03. The Kier molecular flexibility index (Phi) is 6.09. The lowest BCUT2D eigenvalue weighted by molar-refractivity contribution is -0.116. The van der Waals surface area contributed by atoms with Crippen molar-refractivity contribution in [3.8, 4) is 5.75 Å². The maximum Gasteiger partial charge on any atom is 0.240 e. The van der Waals surface area contributed by atoms with Gasteiger partial charge in [0.15, 0.2) is 11.6 Å². The second-order valence-corrected chi connectivity index (χ2v) is 7.62. The number of halogens is 3. The van der Waals surface area contributed by atoms with Crippen molar-refractivity contribution in [3.63, 3.8) is 0 Å². The molecule has 0 bridgehead atoms. The fourth-order valence-corrected chi connectivity index (χ4v) is 3.24. The summed E-state index contributed by atoms with van der Waals surface area (Å²) in [7, 11) is -4.07. The van der Waals surface area contributed by atoms with Gasteiger partial charge >= 0.3 is 0 Å². The monoisotopic (exact) mass is 434 g/mol. The van der Waals surface area contributed by atoms with Crippen molar-refractivity contribution in [2.45, 2.75) is 11.3 Å². The molecule has 0 aliphatic rings. The molecule has 1 amide bonds. The molecule has 0 aliphatic heterocycles. The Hall–Kier alpha value is -2.04. The van der Waals surface area contributed by atoms with Crippen molar-refractivity contribution in [2.24, 2.45) is 0 Å². The number of aromatic hydroxyl groups is 1. The fourth-order valence-electron chi connectivity index (χ4n) is 1.85. The van der Waals surface area contributed by atoms with Crippen LogP contribution in [0.4, 0.5) is 14.5 Å². The average molecular weight is 435 g/mol. The molecule has 10 heteroatoms. The topological polar surface area (TPSA) is 95.5 Å². The van der Waals surface area contributed by atoms with Crippen molar-refractivity contribution in [3.05, 3.63) is 52.5 Å². The molecule has 0 atom stereocenters. The van der Waals surface area contributed by atoms with Crippen LogP contribution in [-0.2, 0) is 14.8 Å². The van der Waals surface area contributed by atoms with Gasteiger partial charge in [-0.3, -0.25) is 4.79 Å². The van der Waals surface area contributed by atoms with Gasteiger partial charge in [0.25, 0.3) is 0 Å². The molecule has 0 spiro atoms. The summed E-state index contributed by atoms with van der Waals surface area (Å²) < 4.78 is 52.6. The second-order valence-electron chi connectivity index (χ2n) is 4.93. The summed E-state index contributed by atoms with van der Waals surface area (Å²) >= 11 is 3.16. The smallest absolute Gasteiger partial charge is 0.240 e. The molecule has 0 fully saturated rings. The van der Waals surface area contributed by atoms with Crippen molar-refractivity contribution < 1.29 is 27.1 Å². The number of sulfonamides is 1. The lowest BCUT2D eigenvalue weighted by Crippen LogP contribution is -2.28. The number of anilines is 1. The number of phenols is 1. The molecular formula is C15H13BrF2N2O4S. The number of benzene rings is 2. The number of amides is 1. The fraction of sp³-hybridized carbons (Fsp3) is 0.133. The Morgan fingerprint density at radius 2 is 1.84 bits per heavy atom. The molecule has 2 rings (SSSR count). The van der Waals surface area contributed by atoms with Crippen LogP contribution < -0.4 is 10.0 Å². The van der Waals surface area contributed by atoms with Crippen LogP contribution in [0.15, 0.2) is 45.8 Å². The summed E-state index contributed by atoms with van der Waals surface area (Å²) in [6.07, 6.45) is -0.224. The molecule has 2 aromatic carbocycles. The Morgan fingerprint density at radius 1 is 1.12 bits per heavy atom. The van der Waals surface area contributed by atoms with Crippen molar-refractivity contribution >= 4 is 37.5 Å². The van der Waals surface area contributed by atoms with Gasteiger partial charge in [0, 0.05) is 17.4 Å².